The van der Waals surface area contributed by atoms with Crippen molar-refractivity contribution in [3.8, 4) is 0 Å². The summed E-state index contributed by atoms with van der Waals surface area (Å²) in [6.45, 7) is 4.10. The van der Waals surface area contributed by atoms with Gasteiger partial charge in [-0.1, -0.05) is 23.5 Å². The number of nitrogens with one attached hydrogen (secondary N) is 1. The minimum atomic E-state index is -0.158. The van der Waals surface area contributed by atoms with Gasteiger partial charge in [0.05, 0.1) is 15.7 Å². The topological polar surface area (TPSA) is 54.9 Å². The molecule has 4 nitrogen and oxygen atoms in total. The van der Waals surface area contributed by atoms with Gasteiger partial charge in [0.1, 0.15) is 0 Å². The largest absolute Gasteiger partial charge is 0.298 e. The van der Waals surface area contributed by atoms with Crippen LogP contribution in [0.25, 0.3) is 21.1 Å². The van der Waals surface area contributed by atoms with Crippen molar-refractivity contribution >= 4 is 43.5 Å². The number of aryl methyl sites for hydroxylation is 2. The van der Waals surface area contributed by atoms with E-state index in [0.717, 1.165) is 26.7 Å². The lowest BCUT2D eigenvalue weighted by atomic mass is 10.1. The van der Waals surface area contributed by atoms with E-state index in [9.17, 15) is 4.79 Å². The summed E-state index contributed by atoms with van der Waals surface area (Å²) in [6.07, 6.45) is 1.74. The van der Waals surface area contributed by atoms with Crippen molar-refractivity contribution in [2.45, 2.75) is 13.8 Å². The molecule has 0 radical (unpaired) electrons. The second-order valence-electron chi connectivity index (χ2n) is 5.81. The fraction of sp³-hybridized carbons (Fsp3) is 0.105. The molecule has 0 spiro atoms. The lowest BCUT2D eigenvalue weighted by Gasteiger charge is -2.03. The summed E-state index contributed by atoms with van der Waals surface area (Å²) in [6, 6.07) is 13.5. The second-order valence-corrected chi connectivity index (χ2v) is 6.84. The van der Waals surface area contributed by atoms with Crippen LogP contribution in [0, 0.1) is 13.8 Å². The van der Waals surface area contributed by atoms with Crippen molar-refractivity contribution in [2.75, 3.05) is 5.32 Å². The zero-order valence-corrected chi connectivity index (χ0v) is 14.1. The van der Waals surface area contributed by atoms with Gasteiger partial charge in [-0.2, -0.15) is 0 Å². The van der Waals surface area contributed by atoms with Crippen LogP contribution in [-0.2, 0) is 0 Å². The maximum atomic E-state index is 12.5. The summed E-state index contributed by atoms with van der Waals surface area (Å²) in [5.41, 5.74) is 4.74. The lowest BCUT2D eigenvalue weighted by molar-refractivity contribution is 0.102. The molecule has 0 aliphatic carbocycles. The van der Waals surface area contributed by atoms with E-state index in [-0.39, 0.29) is 5.91 Å². The number of carbonyl (C=O) groups excluding carboxylic acids is 1. The van der Waals surface area contributed by atoms with E-state index < -0.39 is 0 Å². The van der Waals surface area contributed by atoms with Crippen LogP contribution in [0.3, 0.4) is 0 Å². The number of anilines is 1. The van der Waals surface area contributed by atoms with Crippen LogP contribution in [0.4, 0.5) is 5.13 Å². The Bertz CT molecular complexity index is 1080. The number of pyridine rings is 1. The normalized spacial score (nSPS) is 11.1. The first-order chi connectivity index (χ1) is 11.6. The quantitative estimate of drug-likeness (QED) is 0.578. The number of hydrogen-bond donors (Lipinski definition) is 1. The first-order valence-electron chi connectivity index (χ1n) is 7.64. The highest BCUT2D eigenvalue weighted by Gasteiger charge is 2.12. The Hall–Kier alpha value is -2.79. The first kappa shape index (κ1) is 14.8. The molecule has 0 aliphatic rings. The molecule has 1 amide bonds. The van der Waals surface area contributed by atoms with Crippen molar-refractivity contribution in [1.29, 1.82) is 0 Å². The highest BCUT2D eigenvalue weighted by molar-refractivity contribution is 7.22. The van der Waals surface area contributed by atoms with Crippen LogP contribution < -0.4 is 5.32 Å². The molecule has 0 saturated heterocycles. The number of hydrogen-bond acceptors (Lipinski definition) is 4. The van der Waals surface area contributed by atoms with Crippen molar-refractivity contribution in [2.24, 2.45) is 0 Å². The van der Waals surface area contributed by atoms with E-state index in [1.54, 1.807) is 12.3 Å². The Kier molecular flexibility index (Phi) is 3.50. The molecule has 0 unspecified atom stereocenters. The minimum absolute atomic E-state index is 0.158. The predicted molar refractivity (Wildman–Crippen MR) is 98.8 cm³/mol. The van der Waals surface area contributed by atoms with Crippen molar-refractivity contribution in [3.63, 3.8) is 0 Å². The zero-order valence-electron chi connectivity index (χ0n) is 13.3. The summed E-state index contributed by atoms with van der Waals surface area (Å²) in [5, 5.41) is 4.47. The average molecular weight is 333 g/mol. The fourth-order valence-corrected chi connectivity index (χ4v) is 3.85. The van der Waals surface area contributed by atoms with Gasteiger partial charge < -0.3 is 0 Å². The van der Waals surface area contributed by atoms with E-state index >= 15 is 0 Å². The third-order valence-electron chi connectivity index (χ3n) is 3.92. The minimum Gasteiger partial charge on any atom is -0.298 e. The van der Waals surface area contributed by atoms with Gasteiger partial charge in [0, 0.05) is 17.1 Å². The smallest absolute Gasteiger partial charge is 0.257 e. The van der Waals surface area contributed by atoms with Crippen LogP contribution in [0.2, 0.25) is 0 Å². The first-order valence-corrected chi connectivity index (χ1v) is 8.46. The Morgan fingerprint density at radius 3 is 2.88 bits per heavy atom. The summed E-state index contributed by atoms with van der Waals surface area (Å²) in [7, 11) is 0. The molecule has 0 bridgehead atoms. The second kappa shape index (κ2) is 5.69. The zero-order chi connectivity index (χ0) is 16.7. The number of thiazole rings is 1. The number of fused-ring (bicyclic) bond motifs is 2. The van der Waals surface area contributed by atoms with Crippen molar-refractivity contribution < 1.29 is 4.79 Å². The van der Waals surface area contributed by atoms with Crippen LogP contribution >= 0.6 is 11.3 Å². The number of carbonyl (C=O) groups is 1. The van der Waals surface area contributed by atoms with Crippen LogP contribution in [0.5, 0.6) is 0 Å². The molecule has 2 aromatic heterocycles. The van der Waals surface area contributed by atoms with Crippen LogP contribution in [0.1, 0.15) is 21.5 Å². The molecule has 4 rings (SSSR count). The third kappa shape index (κ3) is 2.63. The molecule has 0 aliphatic heterocycles. The number of amides is 1. The summed E-state index contributed by atoms with van der Waals surface area (Å²) < 4.78 is 1.09. The molecule has 0 atom stereocenters. The van der Waals surface area contributed by atoms with E-state index in [4.69, 9.17) is 0 Å². The SMILES string of the molecule is Cc1cc(C)c2nc(NC(=O)c3ccc4ncccc4c3)sc2c1. The Labute approximate surface area is 143 Å². The van der Waals surface area contributed by atoms with Gasteiger partial charge >= 0.3 is 0 Å². The standard InChI is InChI=1S/C19H15N3OS/c1-11-8-12(2)17-16(9-11)24-19(21-17)22-18(23)14-5-6-15-13(10-14)4-3-7-20-15/h3-10H,1-2H3,(H,21,22,23). The maximum absolute atomic E-state index is 12.5. The molecular weight excluding hydrogens is 318 g/mol. The van der Waals surface area contributed by atoms with E-state index in [1.807, 2.05) is 31.2 Å². The highest BCUT2D eigenvalue weighted by atomic mass is 32.1. The number of nitrogens with zero attached hydrogens (tertiary/aromatic N) is 2. The molecule has 2 aromatic carbocycles. The molecule has 0 fully saturated rings. The lowest BCUT2D eigenvalue weighted by Crippen LogP contribution is -2.11. The molecule has 5 heteroatoms. The number of benzene rings is 2. The molecule has 0 saturated carbocycles. The molecule has 1 N–H and O–H groups in total. The van der Waals surface area contributed by atoms with Gasteiger partial charge in [0.2, 0.25) is 0 Å². The van der Waals surface area contributed by atoms with E-state index in [0.29, 0.717) is 10.7 Å². The summed E-state index contributed by atoms with van der Waals surface area (Å²) >= 11 is 1.50. The monoisotopic (exact) mass is 333 g/mol. The molecule has 118 valence electrons. The predicted octanol–water partition coefficient (Wildman–Crippen LogP) is 4.71. The maximum Gasteiger partial charge on any atom is 0.257 e. The fourth-order valence-electron chi connectivity index (χ4n) is 2.81. The van der Waals surface area contributed by atoms with Crippen molar-refractivity contribution in [1.82, 2.24) is 9.97 Å². The third-order valence-corrected chi connectivity index (χ3v) is 4.83. The number of aromatic nitrogens is 2. The number of rotatable bonds is 2. The Morgan fingerprint density at radius 1 is 1.12 bits per heavy atom. The van der Waals surface area contributed by atoms with Gasteiger partial charge in [0.25, 0.3) is 5.91 Å². The van der Waals surface area contributed by atoms with Gasteiger partial charge in [-0.15, -0.1) is 0 Å². The van der Waals surface area contributed by atoms with Gasteiger partial charge in [0.15, 0.2) is 5.13 Å². The van der Waals surface area contributed by atoms with Gasteiger partial charge in [-0.3, -0.25) is 15.1 Å². The molecule has 4 aromatic rings. The van der Waals surface area contributed by atoms with Crippen molar-refractivity contribution in [3.05, 3.63) is 65.4 Å². The summed E-state index contributed by atoms with van der Waals surface area (Å²) in [4.78, 5) is 21.3. The highest BCUT2D eigenvalue weighted by Crippen LogP contribution is 2.29. The van der Waals surface area contributed by atoms with Gasteiger partial charge in [-0.05, 0) is 55.3 Å². The summed E-state index contributed by atoms with van der Waals surface area (Å²) in [5.74, 6) is -0.158. The van der Waals surface area contributed by atoms with E-state index in [2.05, 4.69) is 34.3 Å². The average Bonchev–Trinajstić information content (AvgIpc) is 2.97. The molecular formula is C19H15N3OS. The molecule has 2 heterocycles. The molecule has 24 heavy (non-hydrogen) atoms. The Morgan fingerprint density at radius 2 is 2.00 bits per heavy atom. The Balaban J connectivity index is 1.66. The van der Waals surface area contributed by atoms with E-state index in [1.165, 1.54) is 16.9 Å². The van der Waals surface area contributed by atoms with Crippen LogP contribution in [0.15, 0.2) is 48.7 Å². The van der Waals surface area contributed by atoms with Crippen LogP contribution in [-0.4, -0.2) is 15.9 Å². The van der Waals surface area contributed by atoms with Gasteiger partial charge in [-0.25, -0.2) is 4.98 Å².